The summed E-state index contributed by atoms with van der Waals surface area (Å²) in [6.07, 6.45) is 0.303. The fraction of sp³-hybridized carbons (Fsp3) is 0.500. The number of nitrogens with zero attached hydrogens (tertiary/aromatic N) is 2. The van der Waals surface area contributed by atoms with Gasteiger partial charge in [-0.25, -0.2) is 0 Å². The van der Waals surface area contributed by atoms with Gasteiger partial charge in [-0.05, 0) is 19.1 Å². The Balaban J connectivity index is 1.71. The minimum atomic E-state index is -0.238. The zero-order valence-electron chi connectivity index (χ0n) is 12.2. The number of anilines is 1. The summed E-state index contributed by atoms with van der Waals surface area (Å²) < 4.78 is 5.37. The third-order valence-electron chi connectivity index (χ3n) is 4.19. The van der Waals surface area contributed by atoms with Crippen LogP contribution >= 0.6 is 0 Å². The van der Waals surface area contributed by atoms with Crippen LogP contribution in [0.25, 0.3) is 0 Å². The molecule has 5 heteroatoms. The molecule has 0 aliphatic carbocycles. The van der Waals surface area contributed by atoms with E-state index in [4.69, 9.17) is 4.74 Å². The number of benzene rings is 1. The van der Waals surface area contributed by atoms with Gasteiger partial charge in [0.25, 0.3) is 0 Å². The standard InChI is InChI=1S/C16H20N2O3/c1-12-11-21-8-7-17(12)16(20)13-9-15(19)18(10-13)14-5-3-2-4-6-14/h2-6,12-13H,7-11H2,1H3. The molecule has 2 aliphatic heterocycles. The molecule has 1 aromatic carbocycles. The van der Waals surface area contributed by atoms with E-state index in [9.17, 15) is 9.59 Å². The molecule has 0 bridgehead atoms. The van der Waals surface area contributed by atoms with Crippen LogP contribution in [-0.2, 0) is 14.3 Å². The first-order valence-electron chi connectivity index (χ1n) is 7.40. The molecule has 112 valence electrons. The number of hydrogen-bond donors (Lipinski definition) is 0. The first-order valence-corrected chi connectivity index (χ1v) is 7.40. The Bertz CT molecular complexity index is 532. The van der Waals surface area contributed by atoms with E-state index >= 15 is 0 Å². The van der Waals surface area contributed by atoms with Crippen molar-refractivity contribution in [2.45, 2.75) is 19.4 Å². The Morgan fingerprint density at radius 2 is 2.05 bits per heavy atom. The van der Waals surface area contributed by atoms with Gasteiger partial charge in [-0.15, -0.1) is 0 Å². The van der Waals surface area contributed by atoms with E-state index in [-0.39, 0.29) is 23.8 Å². The highest BCUT2D eigenvalue weighted by Gasteiger charge is 2.38. The van der Waals surface area contributed by atoms with Gasteiger partial charge in [0.05, 0.1) is 25.2 Å². The van der Waals surface area contributed by atoms with Gasteiger partial charge in [0.2, 0.25) is 11.8 Å². The molecule has 2 amide bonds. The summed E-state index contributed by atoms with van der Waals surface area (Å²) >= 11 is 0. The molecule has 2 fully saturated rings. The number of amides is 2. The van der Waals surface area contributed by atoms with E-state index < -0.39 is 0 Å². The van der Waals surface area contributed by atoms with E-state index in [1.54, 1.807) is 4.90 Å². The molecule has 3 rings (SSSR count). The molecular formula is C16H20N2O3. The molecule has 0 aromatic heterocycles. The summed E-state index contributed by atoms with van der Waals surface area (Å²) in [5.74, 6) is -0.128. The van der Waals surface area contributed by atoms with E-state index in [0.717, 1.165) is 5.69 Å². The van der Waals surface area contributed by atoms with E-state index in [2.05, 4.69) is 0 Å². The number of ether oxygens (including phenoxy) is 1. The van der Waals surface area contributed by atoms with Crippen LogP contribution in [0.4, 0.5) is 5.69 Å². The van der Waals surface area contributed by atoms with Gasteiger partial charge in [0, 0.05) is 25.2 Å². The zero-order valence-corrected chi connectivity index (χ0v) is 12.2. The minimum Gasteiger partial charge on any atom is -0.377 e. The summed E-state index contributed by atoms with van der Waals surface area (Å²) in [4.78, 5) is 28.4. The molecule has 5 nitrogen and oxygen atoms in total. The predicted molar refractivity (Wildman–Crippen MR) is 78.9 cm³/mol. The largest absolute Gasteiger partial charge is 0.377 e. The second-order valence-electron chi connectivity index (χ2n) is 5.70. The van der Waals surface area contributed by atoms with Crippen LogP contribution in [0.1, 0.15) is 13.3 Å². The van der Waals surface area contributed by atoms with Crippen LogP contribution in [0, 0.1) is 5.92 Å². The van der Waals surface area contributed by atoms with Crippen LogP contribution < -0.4 is 4.90 Å². The number of hydrogen-bond acceptors (Lipinski definition) is 3. The third-order valence-corrected chi connectivity index (χ3v) is 4.19. The molecule has 0 saturated carbocycles. The molecular weight excluding hydrogens is 268 g/mol. The lowest BCUT2D eigenvalue weighted by Gasteiger charge is -2.34. The lowest BCUT2D eigenvalue weighted by molar-refractivity contribution is -0.143. The van der Waals surface area contributed by atoms with Crippen LogP contribution in [0.5, 0.6) is 0 Å². The topological polar surface area (TPSA) is 49.9 Å². The molecule has 2 atom stereocenters. The van der Waals surface area contributed by atoms with Crippen molar-refractivity contribution in [2.75, 3.05) is 31.2 Å². The monoisotopic (exact) mass is 288 g/mol. The fourth-order valence-corrected chi connectivity index (χ4v) is 3.02. The molecule has 2 heterocycles. The predicted octanol–water partition coefficient (Wildman–Crippen LogP) is 1.29. The second-order valence-corrected chi connectivity index (χ2v) is 5.70. The minimum absolute atomic E-state index is 0.0282. The number of para-hydroxylation sites is 1. The van der Waals surface area contributed by atoms with E-state index in [1.165, 1.54) is 0 Å². The Labute approximate surface area is 124 Å². The second kappa shape index (κ2) is 5.85. The zero-order chi connectivity index (χ0) is 14.8. The molecule has 0 N–H and O–H groups in total. The van der Waals surface area contributed by atoms with Crippen molar-refractivity contribution in [3.63, 3.8) is 0 Å². The van der Waals surface area contributed by atoms with Gasteiger partial charge in [-0.1, -0.05) is 18.2 Å². The average Bonchev–Trinajstić information content (AvgIpc) is 2.90. The van der Waals surface area contributed by atoms with Crippen molar-refractivity contribution >= 4 is 17.5 Å². The Morgan fingerprint density at radius 1 is 1.29 bits per heavy atom. The number of carbonyl (C=O) groups is 2. The van der Waals surface area contributed by atoms with E-state index in [0.29, 0.717) is 32.7 Å². The smallest absolute Gasteiger partial charge is 0.228 e. The van der Waals surface area contributed by atoms with Crippen molar-refractivity contribution in [3.05, 3.63) is 30.3 Å². The lowest BCUT2D eigenvalue weighted by atomic mass is 10.1. The lowest BCUT2D eigenvalue weighted by Crippen LogP contribution is -2.49. The molecule has 2 unspecified atom stereocenters. The van der Waals surface area contributed by atoms with Crippen molar-refractivity contribution < 1.29 is 14.3 Å². The van der Waals surface area contributed by atoms with Gasteiger partial charge < -0.3 is 14.5 Å². The highest BCUT2D eigenvalue weighted by molar-refractivity contribution is 6.00. The SMILES string of the molecule is CC1COCCN1C(=O)C1CC(=O)N(c2ccccc2)C1. The van der Waals surface area contributed by atoms with Gasteiger partial charge in [-0.3, -0.25) is 9.59 Å². The summed E-state index contributed by atoms with van der Waals surface area (Å²) in [5, 5.41) is 0. The van der Waals surface area contributed by atoms with Gasteiger partial charge in [0.1, 0.15) is 0 Å². The van der Waals surface area contributed by atoms with E-state index in [1.807, 2.05) is 42.2 Å². The van der Waals surface area contributed by atoms with Crippen molar-refractivity contribution in [2.24, 2.45) is 5.92 Å². The van der Waals surface area contributed by atoms with Crippen LogP contribution in [0.3, 0.4) is 0 Å². The quantitative estimate of drug-likeness (QED) is 0.824. The van der Waals surface area contributed by atoms with Crippen molar-refractivity contribution in [3.8, 4) is 0 Å². The van der Waals surface area contributed by atoms with Gasteiger partial charge in [-0.2, -0.15) is 0 Å². The molecule has 2 aliphatic rings. The number of morpholine rings is 1. The molecule has 2 saturated heterocycles. The Kier molecular flexibility index (Phi) is 3.92. The number of carbonyl (C=O) groups excluding carboxylic acids is 2. The molecule has 1 aromatic rings. The first-order chi connectivity index (χ1) is 10.2. The molecule has 0 spiro atoms. The van der Waals surface area contributed by atoms with Crippen molar-refractivity contribution in [1.82, 2.24) is 4.90 Å². The summed E-state index contributed by atoms with van der Waals surface area (Å²) in [5.41, 5.74) is 0.868. The first kappa shape index (κ1) is 14.1. The number of rotatable bonds is 2. The summed E-state index contributed by atoms with van der Waals surface area (Å²) in [6.45, 7) is 4.25. The van der Waals surface area contributed by atoms with Crippen LogP contribution in [0.2, 0.25) is 0 Å². The normalized spacial score (nSPS) is 26.2. The molecule has 0 radical (unpaired) electrons. The maximum Gasteiger partial charge on any atom is 0.228 e. The summed E-state index contributed by atoms with van der Waals surface area (Å²) in [6, 6.07) is 9.63. The fourth-order valence-electron chi connectivity index (χ4n) is 3.02. The maximum atomic E-state index is 12.6. The summed E-state index contributed by atoms with van der Waals surface area (Å²) in [7, 11) is 0. The van der Waals surface area contributed by atoms with Gasteiger partial charge in [0.15, 0.2) is 0 Å². The molecule has 21 heavy (non-hydrogen) atoms. The van der Waals surface area contributed by atoms with Crippen molar-refractivity contribution in [1.29, 1.82) is 0 Å². The maximum absolute atomic E-state index is 12.6. The van der Waals surface area contributed by atoms with Gasteiger partial charge >= 0.3 is 0 Å². The van der Waals surface area contributed by atoms with Crippen LogP contribution in [0.15, 0.2) is 30.3 Å². The Morgan fingerprint density at radius 3 is 2.76 bits per heavy atom. The Hall–Kier alpha value is -1.88. The highest BCUT2D eigenvalue weighted by Crippen LogP contribution is 2.27. The highest BCUT2D eigenvalue weighted by atomic mass is 16.5. The van der Waals surface area contributed by atoms with Crippen LogP contribution in [-0.4, -0.2) is 49.1 Å². The average molecular weight is 288 g/mol. The third kappa shape index (κ3) is 2.78.